The smallest absolute Gasteiger partial charge is 0.326 e. The highest BCUT2D eigenvalue weighted by Crippen LogP contribution is 2.07. The van der Waals surface area contributed by atoms with Gasteiger partial charge in [-0.25, -0.2) is 4.79 Å². The number of carbonyl (C=O) groups is 5. The fourth-order valence-electron chi connectivity index (χ4n) is 2.59. The monoisotopic (exact) mass is 431 g/mol. The second kappa shape index (κ2) is 14.3. The van der Waals surface area contributed by atoms with Crippen LogP contribution in [-0.2, 0) is 24.0 Å². The molecule has 3 atom stereocenters. The van der Waals surface area contributed by atoms with E-state index in [1.54, 1.807) is 13.8 Å². The topological polar surface area (TPSA) is 214 Å². The van der Waals surface area contributed by atoms with E-state index in [9.17, 15) is 29.1 Å². The predicted molar refractivity (Wildman–Crippen MR) is 107 cm³/mol. The zero-order valence-corrected chi connectivity index (χ0v) is 17.3. The van der Waals surface area contributed by atoms with Crippen molar-refractivity contribution in [3.05, 3.63) is 0 Å². The first kappa shape index (κ1) is 27.3. The Morgan fingerprint density at radius 2 is 1.40 bits per heavy atom. The van der Waals surface area contributed by atoms with Crippen LogP contribution in [0.1, 0.15) is 46.0 Å². The molecule has 3 unspecified atom stereocenters. The van der Waals surface area contributed by atoms with Crippen molar-refractivity contribution in [3.8, 4) is 0 Å². The molecule has 0 bridgehead atoms. The second-order valence-electron chi connectivity index (χ2n) is 7.17. The van der Waals surface area contributed by atoms with Crippen LogP contribution < -0.4 is 27.4 Å². The van der Waals surface area contributed by atoms with Gasteiger partial charge >= 0.3 is 11.9 Å². The number of hydrogen-bond donors (Lipinski definition) is 7. The molecule has 0 aromatic carbocycles. The van der Waals surface area contributed by atoms with Crippen molar-refractivity contribution in [2.75, 3.05) is 13.1 Å². The first-order chi connectivity index (χ1) is 14.0. The summed E-state index contributed by atoms with van der Waals surface area (Å²) >= 11 is 0. The van der Waals surface area contributed by atoms with Gasteiger partial charge in [0.2, 0.25) is 17.7 Å². The van der Waals surface area contributed by atoms with Gasteiger partial charge in [0.05, 0.1) is 6.54 Å². The Morgan fingerprint density at radius 1 is 0.833 bits per heavy atom. The van der Waals surface area contributed by atoms with E-state index >= 15 is 0 Å². The van der Waals surface area contributed by atoms with Gasteiger partial charge in [-0.05, 0) is 38.1 Å². The van der Waals surface area contributed by atoms with E-state index in [2.05, 4.69) is 16.0 Å². The average molecular weight is 431 g/mol. The van der Waals surface area contributed by atoms with Crippen LogP contribution in [0.5, 0.6) is 0 Å². The quantitative estimate of drug-likeness (QED) is 0.144. The van der Waals surface area contributed by atoms with E-state index in [1.165, 1.54) is 0 Å². The largest absolute Gasteiger partial charge is 0.481 e. The standard InChI is InChI=1S/C18H33N5O7/c1-10(2)15(18(29)30)23-17(28)11(5-3-4-8-19)22-16(27)12(6-7-14(25)26)21-13(24)9-20/h10-12,15H,3-9,19-20H2,1-2H3,(H,21,24)(H,22,27)(H,23,28)(H,25,26)(H,29,30). The lowest BCUT2D eigenvalue weighted by molar-refractivity contribution is -0.143. The maximum Gasteiger partial charge on any atom is 0.326 e. The van der Waals surface area contributed by atoms with Crippen LogP contribution >= 0.6 is 0 Å². The number of hydrogen-bond acceptors (Lipinski definition) is 7. The third kappa shape index (κ3) is 10.7. The zero-order chi connectivity index (χ0) is 23.3. The van der Waals surface area contributed by atoms with Crippen LogP contribution in [0.25, 0.3) is 0 Å². The van der Waals surface area contributed by atoms with Gasteiger partial charge in [0.25, 0.3) is 0 Å². The molecule has 0 saturated heterocycles. The predicted octanol–water partition coefficient (Wildman–Crippen LogP) is -1.87. The number of carbonyl (C=O) groups excluding carboxylic acids is 3. The molecule has 0 aliphatic rings. The molecule has 0 radical (unpaired) electrons. The van der Waals surface area contributed by atoms with Gasteiger partial charge in [0.1, 0.15) is 18.1 Å². The molecule has 12 heteroatoms. The van der Waals surface area contributed by atoms with Crippen LogP contribution in [0.3, 0.4) is 0 Å². The van der Waals surface area contributed by atoms with E-state index in [-0.39, 0.29) is 25.2 Å². The maximum atomic E-state index is 12.6. The molecule has 0 rings (SSSR count). The third-order valence-electron chi connectivity index (χ3n) is 4.29. The van der Waals surface area contributed by atoms with Crippen molar-refractivity contribution in [1.82, 2.24) is 16.0 Å². The summed E-state index contributed by atoms with van der Waals surface area (Å²) in [5.41, 5.74) is 10.7. The lowest BCUT2D eigenvalue weighted by atomic mass is 10.0. The Balaban J connectivity index is 5.37. The molecule has 0 aliphatic heterocycles. The van der Waals surface area contributed by atoms with E-state index in [0.717, 1.165) is 0 Å². The molecule has 0 spiro atoms. The minimum Gasteiger partial charge on any atom is -0.481 e. The zero-order valence-electron chi connectivity index (χ0n) is 17.3. The van der Waals surface area contributed by atoms with Crippen molar-refractivity contribution >= 4 is 29.7 Å². The highest BCUT2D eigenvalue weighted by atomic mass is 16.4. The maximum absolute atomic E-state index is 12.6. The van der Waals surface area contributed by atoms with E-state index in [0.29, 0.717) is 19.4 Å². The normalized spacial score (nSPS) is 13.8. The van der Waals surface area contributed by atoms with Crippen LogP contribution in [0.15, 0.2) is 0 Å². The fourth-order valence-corrected chi connectivity index (χ4v) is 2.59. The highest BCUT2D eigenvalue weighted by molar-refractivity contribution is 5.93. The van der Waals surface area contributed by atoms with Gasteiger partial charge in [-0.3, -0.25) is 19.2 Å². The Labute approximate surface area is 175 Å². The molecule has 0 aromatic rings. The molecule has 0 aromatic heterocycles. The van der Waals surface area contributed by atoms with Crippen molar-refractivity contribution in [2.45, 2.75) is 64.1 Å². The van der Waals surface area contributed by atoms with Gasteiger partial charge in [-0.15, -0.1) is 0 Å². The molecule has 0 aliphatic carbocycles. The lowest BCUT2D eigenvalue weighted by Crippen LogP contribution is -2.56. The highest BCUT2D eigenvalue weighted by Gasteiger charge is 2.30. The molecular weight excluding hydrogens is 398 g/mol. The first-order valence-electron chi connectivity index (χ1n) is 9.78. The van der Waals surface area contributed by atoms with E-state index < -0.39 is 54.3 Å². The van der Waals surface area contributed by atoms with Crippen LogP contribution in [-0.4, -0.2) is 71.1 Å². The number of aliphatic carboxylic acids is 2. The molecule has 9 N–H and O–H groups in total. The Bertz CT molecular complexity index is 612. The fraction of sp³-hybridized carbons (Fsp3) is 0.722. The van der Waals surface area contributed by atoms with Crippen LogP contribution in [0.4, 0.5) is 0 Å². The number of carboxylic acid groups (broad SMARTS) is 2. The van der Waals surface area contributed by atoms with Gasteiger partial charge in [0, 0.05) is 6.42 Å². The minimum atomic E-state index is -1.21. The van der Waals surface area contributed by atoms with Crippen molar-refractivity contribution in [1.29, 1.82) is 0 Å². The number of rotatable bonds is 15. The summed E-state index contributed by atoms with van der Waals surface area (Å²) in [5.74, 6) is -4.87. The lowest BCUT2D eigenvalue weighted by Gasteiger charge is -2.25. The van der Waals surface area contributed by atoms with E-state index in [1.807, 2.05) is 0 Å². The number of unbranched alkanes of at least 4 members (excludes halogenated alkanes) is 1. The average Bonchev–Trinajstić information content (AvgIpc) is 2.67. The number of amides is 3. The summed E-state index contributed by atoms with van der Waals surface area (Å²) in [4.78, 5) is 59.0. The summed E-state index contributed by atoms with van der Waals surface area (Å²) in [6.45, 7) is 3.24. The molecule has 0 heterocycles. The minimum absolute atomic E-state index is 0.190. The van der Waals surface area contributed by atoms with Crippen molar-refractivity contribution in [2.24, 2.45) is 17.4 Å². The third-order valence-corrected chi connectivity index (χ3v) is 4.29. The van der Waals surface area contributed by atoms with Crippen molar-refractivity contribution < 1.29 is 34.2 Å². The number of nitrogens with one attached hydrogen (secondary N) is 3. The summed E-state index contributed by atoms with van der Waals surface area (Å²) in [5, 5.41) is 25.3. The first-order valence-corrected chi connectivity index (χ1v) is 9.78. The van der Waals surface area contributed by atoms with Gasteiger partial charge in [-0.2, -0.15) is 0 Å². The Morgan fingerprint density at radius 3 is 1.87 bits per heavy atom. The molecule has 12 nitrogen and oxygen atoms in total. The Kier molecular flexibility index (Phi) is 13.0. The SMILES string of the molecule is CC(C)C(NC(=O)C(CCCCN)NC(=O)C(CCC(=O)O)NC(=O)CN)C(=O)O. The second-order valence-corrected chi connectivity index (χ2v) is 7.17. The van der Waals surface area contributed by atoms with Gasteiger partial charge in [0.15, 0.2) is 0 Å². The van der Waals surface area contributed by atoms with Crippen LogP contribution in [0.2, 0.25) is 0 Å². The summed E-state index contributed by atoms with van der Waals surface area (Å²) < 4.78 is 0. The van der Waals surface area contributed by atoms with Gasteiger partial charge in [-0.1, -0.05) is 13.8 Å². The van der Waals surface area contributed by atoms with Crippen molar-refractivity contribution in [3.63, 3.8) is 0 Å². The molecule has 3 amide bonds. The Hall–Kier alpha value is -2.73. The summed E-state index contributed by atoms with van der Waals surface area (Å²) in [7, 11) is 0. The molecule has 0 saturated carbocycles. The molecule has 172 valence electrons. The van der Waals surface area contributed by atoms with Gasteiger partial charge < -0.3 is 37.6 Å². The number of nitrogens with two attached hydrogens (primary N) is 2. The molecule has 0 fully saturated rings. The van der Waals surface area contributed by atoms with E-state index in [4.69, 9.17) is 16.6 Å². The number of carboxylic acids is 2. The molecule has 30 heavy (non-hydrogen) atoms. The molecular formula is C18H33N5O7. The van der Waals surface area contributed by atoms with Crippen LogP contribution in [0, 0.1) is 5.92 Å². The summed E-state index contributed by atoms with van der Waals surface area (Å²) in [6.07, 6.45) is 0.673. The summed E-state index contributed by atoms with van der Waals surface area (Å²) in [6, 6.07) is -3.43.